The van der Waals surface area contributed by atoms with Gasteiger partial charge in [0.15, 0.2) is 0 Å². The minimum Gasteiger partial charge on any atom is -0.306 e. The normalized spacial score (nSPS) is 11.1. The summed E-state index contributed by atoms with van der Waals surface area (Å²) in [6, 6.07) is 10.5. The summed E-state index contributed by atoms with van der Waals surface area (Å²) in [6.07, 6.45) is 4.07. The fourth-order valence-electron chi connectivity index (χ4n) is 2.34. The molecule has 0 spiro atoms. The second-order valence-corrected chi connectivity index (χ2v) is 5.15. The number of rotatable bonds is 2. The van der Waals surface area contributed by atoms with Gasteiger partial charge in [-0.05, 0) is 37.1 Å². The first kappa shape index (κ1) is 12.2. The Hall–Kier alpha value is -1.80. The van der Waals surface area contributed by atoms with Crippen LogP contribution < -0.4 is 0 Å². The smallest absolute Gasteiger partial charge is 0.137 e. The average molecular weight is 271 g/mol. The molecule has 0 radical (unpaired) electrons. The molecule has 3 rings (SSSR count). The van der Waals surface area contributed by atoms with Gasteiger partial charge in [0.1, 0.15) is 5.65 Å². The Labute approximate surface area is 117 Å². The lowest BCUT2D eigenvalue weighted by Gasteiger charge is -2.02. The molecule has 2 heterocycles. The van der Waals surface area contributed by atoms with Crippen molar-refractivity contribution in [1.29, 1.82) is 0 Å². The van der Waals surface area contributed by atoms with Crippen LogP contribution in [0.15, 0.2) is 42.7 Å². The van der Waals surface area contributed by atoms with Crippen LogP contribution in [0.5, 0.6) is 0 Å². The molecule has 0 aliphatic carbocycles. The van der Waals surface area contributed by atoms with E-state index in [4.69, 9.17) is 11.6 Å². The van der Waals surface area contributed by atoms with Crippen LogP contribution in [0.4, 0.5) is 0 Å². The number of fused-ring (bicyclic) bond motifs is 1. The van der Waals surface area contributed by atoms with Gasteiger partial charge in [-0.15, -0.1) is 11.6 Å². The number of hydrogen-bond acceptors (Lipinski definition) is 1. The number of aromatic nitrogens is 2. The van der Waals surface area contributed by atoms with Gasteiger partial charge in [-0.1, -0.05) is 23.8 Å². The second kappa shape index (κ2) is 4.71. The summed E-state index contributed by atoms with van der Waals surface area (Å²) < 4.78 is 2.03. The van der Waals surface area contributed by atoms with Gasteiger partial charge < -0.3 is 4.40 Å². The van der Waals surface area contributed by atoms with Gasteiger partial charge in [-0.3, -0.25) is 0 Å². The average Bonchev–Trinajstić information content (AvgIpc) is 2.80. The number of nitrogens with zero attached hydrogens (tertiary/aromatic N) is 2. The lowest BCUT2D eigenvalue weighted by molar-refractivity contribution is 1.16. The highest BCUT2D eigenvalue weighted by molar-refractivity contribution is 6.17. The first-order chi connectivity index (χ1) is 9.17. The molecule has 0 amide bonds. The van der Waals surface area contributed by atoms with Crippen LogP contribution in [0.3, 0.4) is 0 Å². The van der Waals surface area contributed by atoms with E-state index in [0.717, 1.165) is 16.9 Å². The number of aryl methyl sites for hydroxylation is 2. The standard InChI is InChI=1S/C16H15ClN2/c1-11-3-4-14(12(2)7-11)15-10-19-6-5-13(9-17)8-16(19)18-15/h3-8,10H,9H2,1-2H3. The predicted molar refractivity (Wildman–Crippen MR) is 79.7 cm³/mol. The van der Waals surface area contributed by atoms with E-state index >= 15 is 0 Å². The molecule has 0 saturated heterocycles. The number of pyridine rings is 1. The molecule has 0 fully saturated rings. The molecular weight excluding hydrogens is 256 g/mol. The van der Waals surface area contributed by atoms with Gasteiger partial charge in [-0.25, -0.2) is 4.98 Å². The fraction of sp³-hybridized carbons (Fsp3) is 0.188. The van der Waals surface area contributed by atoms with Crippen molar-refractivity contribution in [3.8, 4) is 11.3 Å². The van der Waals surface area contributed by atoms with Crippen molar-refractivity contribution < 1.29 is 0 Å². The van der Waals surface area contributed by atoms with Crippen LogP contribution in [-0.2, 0) is 5.88 Å². The number of halogens is 1. The van der Waals surface area contributed by atoms with Crippen molar-refractivity contribution in [2.75, 3.05) is 0 Å². The van der Waals surface area contributed by atoms with E-state index in [9.17, 15) is 0 Å². The predicted octanol–water partition coefficient (Wildman–Crippen LogP) is 4.36. The van der Waals surface area contributed by atoms with Gasteiger partial charge in [0.25, 0.3) is 0 Å². The Morgan fingerprint density at radius 2 is 2.00 bits per heavy atom. The molecule has 19 heavy (non-hydrogen) atoms. The van der Waals surface area contributed by atoms with E-state index < -0.39 is 0 Å². The van der Waals surface area contributed by atoms with Gasteiger partial charge >= 0.3 is 0 Å². The molecule has 3 heteroatoms. The molecular formula is C16H15ClN2. The Morgan fingerprint density at radius 1 is 1.16 bits per heavy atom. The van der Waals surface area contributed by atoms with Crippen LogP contribution in [-0.4, -0.2) is 9.38 Å². The first-order valence-corrected chi connectivity index (χ1v) is 6.82. The van der Waals surface area contributed by atoms with Crippen molar-refractivity contribution in [3.05, 3.63) is 59.4 Å². The highest BCUT2D eigenvalue weighted by Gasteiger charge is 2.07. The van der Waals surface area contributed by atoms with Gasteiger partial charge in [0.05, 0.1) is 5.69 Å². The minimum atomic E-state index is 0.516. The molecule has 96 valence electrons. The first-order valence-electron chi connectivity index (χ1n) is 6.28. The third-order valence-corrected chi connectivity index (χ3v) is 3.65. The summed E-state index contributed by atoms with van der Waals surface area (Å²) in [5.41, 5.74) is 6.74. The number of hydrogen-bond donors (Lipinski definition) is 0. The Morgan fingerprint density at radius 3 is 2.74 bits per heavy atom. The van der Waals surface area contributed by atoms with Gasteiger partial charge in [-0.2, -0.15) is 0 Å². The number of alkyl halides is 1. The molecule has 0 saturated carbocycles. The fourth-order valence-corrected chi connectivity index (χ4v) is 2.50. The second-order valence-electron chi connectivity index (χ2n) is 4.88. The van der Waals surface area contributed by atoms with Crippen molar-refractivity contribution >= 4 is 17.2 Å². The van der Waals surface area contributed by atoms with Gasteiger partial charge in [0, 0.05) is 23.8 Å². The van der Waals surface area contributed by atoms with Crippen molar-refractivity contribution in [1.82, 2.24) is 9.38 Å². The minimum absolute atomic E-state index is 0.516. The third kappa shape index (κ3) is 2.24. The molecule has 0 aliphatic heterocycles. The molecule has 3 aromatic rings. The van der Waals surface area contributed by atoms with Crippen molar-refractivity contribution in [2.45, 2.75) is 19.7 Å². The zero-order valence-corrected chi connectivity index (χ0v) is 11.8. The zero-order valence-electron chi connectivity index (χ0n) is 11.0. The molecule has 2 aromatic heterocycles. The van der Waals surface area contributed by atoms with Crippen LogP contribution in [0.25, 0.3) is 16.9 Å². The maximum Gasteiger partial charge on any atom is 0.137 e. The lowest BCUT2D eigenvalue weighted by Crippen LogP contribution is -1.84. The summed E-state index contributed by atoms with van der Waals surface area (Å²) >= 11 is 5.86. The number of benzene rings is 1. The van der Waals surface area contributed by atoms with Crippen LogP contribution in [0.2, 0.25) is 0 Å². The number of imidazole rings is 1. The summed E-state index contributed by atoms with van der Waals surface area (Å²) in [4.78, 5) is 4.69. The van der Waals surface area contributed by atoms with E-state index in [1.807, 2.05) is 22.7 Å². The summed E-state index contributed by atoms with van der Waals surface area (Å²) in [5, 5.41) is 0. The van der Waals surface area contributed by atoms with E-state index in [2.05, 4.69) is 43.2 Å². The lowest BCUT2D eigenvalue weighted by atomic mass is 10.0. The van der Waals surface area contributed by atoms with Crippen LogP contribution >= 0.6 is 11.6 Å². The van der Waals surface area contributed by atoms with Crippen LogP contribution in [0.1, 0.15) is 16.7 Å². The van der Waals surface area contributed by atoms with Gasteiger partial charge in [0.2, 0.25) is 0 Å². The van der Waals surface area contributed by atoms with Crippen molar-refractivity contribution in [3.63, 3.8) is 0 Å². The third-order valence-electron chi connectivity index (χ3n) is 3.34. The maximum absolute atomic E-state index is 5.86. The highest BCUT2D eigenvalue weighted by Crippen LogP contribution is 2.24. The van der Waals surface area contributed by atoms with E-state index in [1.54, 1.807) is 0 Å². The Kier molecular flexibility index (Phi) is 3.03. The van der Waals surface area contributed by atoms with E-state index in [0.29, 0.717) is 5.88 Å². The Bertz CT molecular complexity index is 744. The monoisotopic (exact) mass is 270 g/mol. The molecule has 0 atom stereocenters. The topological polar surface area (TPSA) is 17.3 Å². The molecule has 0 aliphatic rings. The molecule has 1 aromatic carbocycles. The summed E-state index contributed by atoms with van der Waals surface area (Å²) in [5.74, 6) is 0.516. The summed E-state index contributed by atoms with van der Waals surface area (Å²) in [6.45, 7) is 4.23. The molecule has 0 bridgehead atoms. The van der Waals surface area contributed by atoms with Crippen molar-refractivity contribution in [2.24, 2.45) is 0 Å². The SMILES string of the molecule is Cc1ccc(-c2cn3ccc(CCl)cc3n2)c(C)c1. The molecule has 0 unspecified atom stereocenters. The van der Waals surface area contributed by atoms with Crippen LogP contribution in [0, 0.1) is 13.8 Å². The summed E-state index contributed by atoms with van der Waals surface area (Å²) in [7, 11) is 0. The van der Waals surface area contributed by atoms with E-state index in [-0.39, 0.29) is 0 Å². The highest BCUT2D eigenvalue weighted by atomic mass is 35.5. The molecule has 0 N–H and O–H groups in total. The maximum atomic E-state index is 5.86. The Balaban J connectivity index is 2.14. The largest absolute Gasteiger partial charge is 0.306 e. The zero-order chi connectivity index (χ0) is 13.4. The quantitative estimate of drug-likeness (QED) is 0.633. The van der Waals surface area contributed by atoms with E-state index in [1.165, 1.54) is 16.7 Å². The molecule has 2 nitrogen and oxygen atoms in total.